The summed E-state index contributed by atoms with van der Waals surface area (Å²) in [5, 5.41) is 3.22. The first-order valence-electron chi connectivity index (χ1n) is 9.04. The normalized spacial score (nSPS) is 30.6. The minimum atomic E-state index is -0.00787. The molecule has 3 aliphatic carbocycles. The molecule has 0 spiro atoms. The van der Waals surface area contributed by atoms with Gasteiger partial charge in [0.25, 0.3) is 5.91 Å². The average molecular weight is 313 g/mol. The van der Waals surface area contributed by atoms with Crippen molar-refractivity contribution in [3.05, 3.63) is 29.3 Å². The number of fused-ring (bicyclic) bond motifs is 4. The molecule has 23 heavy (non-hydrogen) atoms. The first-order chi connectivity index (χ1) is 11.0. The monoisotopic (exact) mass is 313 g/mol. The summed E-state index contributed by atoms with van der Waals surface area (Å²) in [5.74, 6) is 1.78. The van der Waals surface area contributed by atoms with Gasteiger partial charge in [0, 0.05) is 17.5 Å². The Hall–Kier alpha value is -1.51. The highest BCUT2D eigenvalue weighted by atomic mass is 16.5. The minimum Gasteiger partial charge on any atom is -0.492 e. The first kappa shape index (κ1) is 15.0. The standard InChI is InChI=1S/C20H27NO2/c1-19(2)13-23-17-15(4-3-5-16(17)19)18(22)21-12-20-9-6-14(7-10-20)8-11-20/h3-5,14H,6-13H2,1-2H3,(H,21,22). The topological polar surface area (TPSA) is 38.3 Å². The van der Waals surface area contributed by atoms with E-state index in [1.807, 2.05) is 12.1 Å². The number of ether oxygens (including phenoxy) is 1. The van der Waals surface area contributed by atoms with Crippen LogP contribution in [0.15, 0.2) is 18.2 Å². The van der Waals surface area contributed by atoms with Gasteiger partial charge in [0.05, 0.1) is 12.2 Å². The number of benzene rings is 1. The van der Waals surface area contributed by atoms with E-state index in [4.69, 9.17) is 4.74 Å². The van der Waals surface area contributed by atoms with Crippen LogP contribution in [0.25, 0.3) is 0 Å². The Kier molecular flexibility index (Phi) is 3.44. The van der Waals surface area contributed by atoms with Gasteiger partial charge in [-0.15, -0.1) is 0 Å². The van der Waals surface area contributed by atoms with Crippen LogP contribution in [-0.2, 0) is 5.41 Å². The molecule has 1 N–H and O–H groups in total. The molecule has 3 saturated carbocycles. The molecule has 3 fully saturated rings. The summed E-state index contributed by atoms with van der Waals surface area (Å²) in [7, 11) is 0. The molecule has 4 aliphatic rings. The Labute approximate surface area is 138 Å². The third-order valence-electron chi connectivity index (χ3n) is 6.44. The van der Waals surface area contributed by atoms with Crippen molar-refractivity contribution in [2.75, 3.05) is 13.2 Å². The maximum absolute atomic E-state index is 12.7. The van der Waals surface area contributed by atoms with Crippen LogP contribution >= 0.6 is 0 Å². The molecule has 0 radical (unpaired) electrons. The Morgan fingerprint density at radius 2 is 1.91 bits per heavy atom. The van der Waals surface area contributed by atoms with E-state index in [0.717, 1.165) is 23.8 Å². The van der Waals surface area contributed by atoms with Crippen LogP contribution < -0.4 is 10.1 Å². The van der Waals surface area contributed by atoms with Crippen molar-refractivity contribution < 1.29 is 9.53 Å². The van der Waals surface area contributed by atoms with Crippen molar-refractivity contribution in [1.82, 2.24) is 5.32 Å². The summed E-state index contributed by atoms with van der Waals surface area (Å²) in [4.78, 5) is 12.7. The second kappa shape index (κ2) is 5.25. The molecule has 1 aliphatic heterocycles. The highest BCUT2D eigenvalue weighted by Crippen LogP contribution is 2.49. The number of hydrogen-bond donors (Lipinski definition) is 1. The summed E-state index contributed by atoms with van der Waals surface area (Å²) in [5.41, 5.74) is 2.21. The maximum Gasteiger partial charge on any atom is 0.255 e. The lowest BCUT2D eigenvalue weighted by molar-refractivity contribution is 0.0596. The SMILES string of the molecule is CC1(C)COc2c(C(=O)NCC34CCC(CC3)CC4)cccc21. The predicted molar refractivity (Wildman–Crippen MR) is 90.9 cm³/mol. The number of carbonyl (C=O) groups is 1. The molecular formula is C20H27NO2. The summed E-state index contributed by atoms with van der Waals surface area (Å²) in [6.07, 6.45) is 7.92. The third kappa shape index (κ3) is 2.54. The van der Waals surface area contributed by atoms with Crippen molar-refractivity contribution in [2.24, 2.45) is 11.3 Å². The molecule has 5 rings (SSSR count). The van der Waals surface area contributed by atoms with Crippen LogP contribution in [-0.4, -0.2) is 19.1 Å². The summed E-state index contributed by atoms with van der Waals surface area (Å²) < 4.78 is 5.86. The molecule has 0 aromatic heterocycles. The lowest BCUT2D eigenvalue weighted by Crippen LogP contribution is -2.43. The van der Waals surface area contributed by atoms with Crippen LogP contribution in [0.2, 0.25) is 0 Å². The van der Waals surface area contributed by atoms with Crippen molar-refractivity contribution in [3.8, 4) is 5.75 Å². The lowest BCUT2D eigenvalue weighted by atomic mass is 9.61. The lowest BCUT2D eigenvalue weighted by Gasteiger charge is -2.46. The molecule has 1 aromatic rings. The fourth-order valence-corrected chi connectivity index (χ4v) is 4.70. The summed E-state index contributed by atoms with van der Waals surface area (Å²) in [6, 6.07) is 5.96. The molecule has 124 valence electrons. The number of rotatable bonds is 3. The second-order valence-corrected chi connectivity index (χ2v) is 8.52. The Balaban J connectivity index is 1.49. The van der Waals surface area contributed by atoms with Crippen LogP contribution in [0.4, 0.5) is 0 Å². The molecule has 2 bridgehead atoms. The molecule has 0 unspecified atom stereocenters. The molecule has 0 atom stereocenters. The van der Waals surface area contributed by atoms with Gasteiger partial charge >= 0.3 is 0 Å². The molecule has 1 heterocycles. The van der Waals surface area contributed by atoms with E-state index < -0.39 is 0 Å². The fraction of sp³-hybridized carbons (Fsp3) is 0.650. The van der Waals surface area contributed by atoms with E-state index >= 15 is 0 Å². The van der Waals surface area contributed by atoms with E-state index in [9.17, 15) is 4.79 Å². The largest absolute Gasteiger partial charge is 0.492 e. The zero-order chi connectivity index (χ0) is 16.1. The molecule has 3 heteroatoms. The van der Waals surface area contributed by atoms with Crippen LogP contribution in [0.5, 0.6) is 5.75 Å². The predicted octanol–water partition coefficient (Wildman–Crippen LogP) is 4.06. The molecule has 1 amide bonds. The van der Waals surface area contributed by atoms with Gasteiger partial charge in [0.2, 0.25) is 0 Å². The Bertz CT molecular complexity index is 613. The molecule has 0 saturated heterocycles. The van der Waals surface area contributed by atoms with E-state index in [2.05, 4.69) is 25.2 Å². The zero-order valence-corrected chi connectivity index (χ0v) is 14.3. The van der Waals surface area contributed by atoms with Gasteiger partial charge in [-0.1, -0.05) is 26.0 Å². The van der Waals surface area contributed by atoms with Gasteiger partial charge < -0.3 is 10.1 Å². The van der Waals surface area contributed by atoms with Crippen molar-refractivity contribution >= 4 is 5.91 Å². The van der Waals surface area contributed by atoms with Crippen molar-refractivity contribution in [2.45, 2.75) is 57.8 Å². The maximum atomic E-state index is 12.7. The fourth-order valence-electron chi connectivity index (χ4n) is 4.70. The highest BCUT2D eigenvalue weighted by molar-refractivity contribution is 5.97. The molecule has 3 nitrogen and oxygen atoms in total. The Morgan fingerprint density at radius 1 is 1.22 bits per heavy atom. The van der Waals surface area contributed by atoms with E-state index in [1.165, 1.54) is 38.5 Å². The van der Waals surface area contributed by atoms with Crippen molar-refractivity contribution in [1.29, 1.82) is 0 Å². The van der Waals surface area contributed by atoms with Crippen molar-refractivity contribution in [3.63, 3.8) is 0 Å². The number of carbonyl (C=O) groups excluding carboxylic acids is 1. The van der Waals surface area contributed by atoms with Crippen LogP contribution in [0.3, 0.4) is 0 Å². The van der Waals surface area contributed by atoms with E-state index in [1.54, 1.807) is 0 Å². The number of para-hydroxylation sites is 1. The zero-order valence-electron chi connectivity index (χ0n) is 14.3. The smallest absolute Gasteiger partial charge is 0.255 e. The van der Waals surface area contributed by atoms with Gasteiger partial charge in [-0.2, -0.15) is 0 Å². The van der Waals surface area contributed by atoms with E-state index in [-0.39, 0.29) is 11.3 Å². The quantitative estimate of drug-likeness (QED) is 0.914. The minimum absolute atomic E-state index is 0.00787. The summed E-state index contributed by atoms with van der Waals surface area (Å²) >= 11 is 0. The van der Waals surface area contributed by atoms with Gasteiger partial charge in [-0.05, 0) is 55.9 Å². The van der Waals surface area contributed by atoms with Gasteiger partial charge in [0.1, 0.15) is 5.75 Å². The van der Waals surface area contributed by atoms with Gasteiger partial charge in [0.15, 0.2) is 0 Å². The van der Waals surface area contributed by atoms with Gasteiger partial charge in [-0.3, -0.25) is 4.79 Å². The average Bonchev–Trinajstić information content (AvgIpc) is 2.90. The number of amides is 1. The third-order valence-corrected chi connectivity index (χ3v) is 6.44. The number of hydrogen-bond acceptors (Lipinski definition) is 2. The highest BCUT2D eigenvalue weighted by Gasteiger charge is 2.41. The number of nitrogens with one attached hydrogen (secondary N) is 1. The van der Waals surface area contributed by atoms with Gasteiger partial charge in [-0.25, -0.2) is 0 Å². The van der Waals surface area contributed by atoms with Crippen LogP contribution in [0, 0.1) is 11.3 Å². The second-order valence-electron chi connectivity index (χ2n) is 8.52. The molecule has 1 aromatic carbocycles. The van der Waals surface area contributed by atoms with Crippen LogP contribution in [0.1, 0.15) is 68.3 Å². The molecular weight excluding hydrogens is 286 g/mol. The summed E-state index contributed by atoms with van der Waals surface area (Å²) in [6.45, 7) is 5.81. The Morgan fingerprint density at radius 3 is 2.61 bits per heavy atom. The van der Waals surface area contributed by atoms with E-state index in [0.29, 0.717) is 17.6 Å². The first-order valence-corrected chi connectivity index (χ1v) is 9.04.